The van der Waals surface area contributed by atoms with Gasteiger partial charge in [0, 0.05) is 22.6 Å². The molecule has 3 aromatic rings. The second-order valence-corrected chi connectivity index (χ2v) is 8.04. The third kappa shape index (κ3) is 4.76. The zero-order chi connectivity index (χ0) is 22.7. The van der Waals surface area contributed by atoms with Gasteiger partial charge in [-0.05, 0) is 49.6 Å². The molecule has 0 fully saturated rings. The third-order valence-electron chi connectivity index (χ3n) is 4.72. The molecular weight excluding hydrogens is 440 g/mol. The molecule has 1 aromatic heterocycles. The number of carbonyl (C=O) groups is 2. The Kier molecular flexibility index (Phi) is 6.72. The highest BCUT2D eigenvalue weighted by atomic mass is 35.5. The summed E-state index contributed by atoms with van der Waals surface area (Å²) in [5.74, 6) is -1.16. The van der Waals surface area contributed by atoms with Crippen LogP contribution in [0, 0.1) is 24.0 Å². The average molecular weight is 459 g/mol. The van der Waals surface area contributed by atoms with Crippen molar-refractivity contribution in [3.63, 3.8) is 0 Å². The predicted molar refractivity (Wildman–Crippen MR) is 121 cm³/mol. The number of ether oxygens (including phenoxy) is 1. The predicted octanol–water partition coefficient (Wildman–Crippen LogP) is 6.02. The number of nitro benzene ring substituents is 1. The molecule has 9 heteroatoms. The van der Waals surface area contributed by atoms with E-state index in [1.165, 1.54) is 23.5 Å². The first-order chi connectivity index (χ1) is 14.7. The van der Waals surface area contributed by atoms with Gasteiger partial charge in [0.25, 0.3) is 11.6 Å². The lowest BCUT2D eigenvalue weighted by atomic mass is 9.99. The first-order valence-corrected chi connectivity index (χ1v) is 10.6. The summed E-state index contributed by atoms with van der Waals surface area (Å²) >= 11 is 7.00. The normalized spacial score (nSPS) is 10.6. The van der Waals surface area contributed by atoms with Gasteiger partial charge < -0.3 is 10.1 Å². The van der Waals surface area contributed by atoms with E-state index >= 15 is 0 Å². The smallest absolute Gasteiger partial charge is 0.341 e. The minimum Gasteiger partial charge on any atom is -0.462 e. The summed E-state index contributed by atoms with van der Waals surface area (Å²) in [5, 5.41) is 15.8. The van der Waals surface area contributed by atoms with E-state index in [-0.39, 0.29) is 28.4 Å². The van der Waals surface area contributed by atoms with Gasteiger partial charge in [-0.3, -0.25) is 14.9 Å². The maximum absolute atomic E-state index is 12.8. The Morgan fingerprint density at radius 2 is 1.90 bits per heavy atom. The number of nitrogens with zero attached hydrogens (tertiary/aromatic N) is 1. The van der Waals surface area contributed by atoms with Gasteiger partial charge in [0.05, 0.1) is 11.5 Å². The van der Waals surface area contributed by atoms with Gasteiger partial charge in [-0.15, -0.1) is 11.3 Å². The molecular formula is C22H19ClN2O5S. The van der Waals surface area contributed by atoms with Crippen LogP contribution in [0.3, 0.4) is 0 Å². The molecule has 0 aliphatic rings. The van der Waals surface area contributed by atoms with Crippen molar-refractivity contribution >= 4 is 45.5 Å². The van der Waals surface area contributed by atoms with Gasteiger partial charge in [-0.25, -0.2) is 4.79 Å². The number of benzene rings is 2. The fourth-order valence-corrected chi connectivity index (χ4v) is 4.09. The fraction of sp³-hybridized carbons (Fsp3) is 0.182. The molecule has 7 nitrogen and oxygen atoms in total. The number of anilines is 1. The van der Waals surface area contributed by atoms with Gasteiger partial charge in [0.1, 0.15) is 15.6 Å². The molecule has 0 saturated carbocycles. The Labute approximate surface area is 187 Å². The molecule has 0 aliphatic carbocycles. The number of carbonyl (C=O) groups excluding carboxylic acids is 2. The van der Waals surface area contributed by atoms with Crippen LogP contribution < -0.4 is 5.32 Å². The van der Waals surface area contributed by atoms with Crippen LogP contribution in [0.2, 0.25) is 5.02 Å². The monoisotopic (exact) mass is 458 g/mol. The van der Waals surface area contributed by atoms with Crippen molar-refractivity contribution in [2.75, 3.05) is 11.9 Å². The van der Waals surface area contributed by atoms with Crippen LogP contribution in [0.4, 0.5) is 10.7 Å². The highest BCUT2D eigenvalue weighted by Crippen LogP contribution is 2.37. The number of amides is 1. The lowest BCUT2D eigenvalue weighted by molar-refractivity contribution is -0.384. The molecule has 1 heterocycles. The van der Waals surface area contributed by atoms with E-state index in [4.69, 9.17) is 16.3 Å². The zero-order valence-corrected chi connectivity index (χ0v) is 18.6. The molecule has 1 amide bonds. The molecule has 0 bridgehead atoms. The molecule has 0 saturated heterocycles. The van der Waals surface area contributed by atoms with Crippen molar-refractivity contribution in [2.45, 2.75) is 20.8 Å². The summed E-state index contributed by atoms with van der Waals surface area (Å²) in [4.78, 5) is 35.9. The van der Waals surface area contributed by atoms with Crippen LogP contribution in [-0.4, -0.2) is 23.4 Å². The molecule has 0 aliphatic heterocycles. The summed E-state index contributed by atoms with van der Waals surface area (Å²) in [7, 11) is 0. The van der Waals surface area contributed by atoms with Crippen LogP contribution in [0.5, 0.6) is 0 Å². The Balaban J connectivity index is 2.01. The van der Waals surface area contributed by atoms with Crippen LogP contribution in [0.1, 0.15) is 38.8 Å². The Morgan fingerprint density at radius 3 is 2.55 bits per heavy atom. The molecule has 0 spiro atoms. The van der Waals surface area contributed by atoms with E-state index in [1.54, 1.807) is 12.3 Å². The van der Waals surface area contributed by atoms with Gasteiger partial charge >= 0.3 is 5.97 Å². The topological polar surface area (TPSA) is 98.5 Å². The van der Waals surface area contributed by atoms with E-state index in [9.17, 15) is 19.7 Å². The lowest BCUT2D eigenvalue weighted by Crippen LogP contribution is -2.15. The Bertz CT molecular complexity index is 1190. The minimum absolute atomic E-state index is 0.0482. The molecule has 0 atom stereocenters. The largest absolute Gasteiger partial charge is 0.462 e. The second-order valence-electron chi connectivity index (χ2n) is 6.75. The van der Waals surface area contributed by atoms with Crippen LogP contribution in [0.15, 0.2) is 41.8 Å². The molecule has 2 aromatic carbocycles. The molecule has 31 heavy (non-hydrogen) atoms. The van der Waals surface area contributed by atoms with Gasteiger partial charge in [-0.1, -0.05) is 29.8 Å². The van der Waals surface area contributed by atoms with Gasteiger partial charge in [-0.2, -0.15) is 0 Å². The van der Waals surface area contributed by atoms with Crippen molar-refractivity contribution < 1.29 is 19.2 Å². The number of halogens is 1. The van der Waals surface area contributed by atoms with E-state index in [2.05, 4.69) is 5.32 Å². The van der Waals surface area contributed by atoms with Gasteiger partial charge in [0.15, 0.2) is 0 Å². The minimum atomic E-state index is -0.661. The SMILES string of the molecule is CCOC(=O)c1c(-c2ccc(C)c(C)c2)csc1NC(=O)c1ccc(Cl)c([N+](=O)[O-])c1. The van der Waals surface area contributed by atoms with E-state index in [0.717, 1.165) is 22.8 Å². The highest BCUT2D eigenvalue weighted by molar-refractivity contribution is 7.15. The van der Waals surface area contributed by atoms with Crippen molar-refractivity contribution in [1.82, 2.24) is 0 Å². The Hall–Kier alpha value is -3.23. The first-order valence-electron chi connectivity index (χ1n) is 9.34. The Morgan fingerprint density at radius 1 is 1.16 bits per heavy atom. The van der Waals surface area contributed by atoms with Crippen molar-refractivity contribution in [3.8, 4) is 11.1 Å². The summed E-state index contributed by atoms with van der Waals surface area (Å²) in [6.07, 6.45) is 0. The van der Waals surface area contributed by atoms with E-state index in [0.29, 0.717) is 10.6 Å². The van der Waals surface area contributed by atoms with Crippen LogP contribution in [-0.2, 0) is 4.74 Å². The number of thiophene rings is 1. The quantitative estimate of drug-likeness (QED) is 0.276. The zero-order valence-electron chi connectivity index (χ0n) is 17.0. The molecule has 160 valence electrons. The average Bonchev–Trinajstić information content (AvgIpc) is 3.13. The van der Waals surface area contributed by atoms with Crippen molar-refractivity contribution in [1.29, 1.82) is 0 Å². The summed E-state index contributed by atoms with van der Waals surface area (Å²) in [6, 6.07) is 9.60. The highest BCUT2D eigenvalue weighted by Gasteiger charge is 2.24. The fourth-order valence-electron chi connectivity index (χ4n) is 2.95. The van der Waals surface area contributed by atoms with Crippen LogP contribution >= 0.6 is 22.9 Å². The van der Waals surface area contributed by atoms with E-state index in [1.807, 2.05) is 32.0 Å². The molecule has 1 N–H and O–H groups in total. The number of rotatable bonds is 6. The summed E-state index contributed by atoms with van der Waals surface area (Å²) < 4.78 is 5.21. The maximum atomic E-state index is 12.8. The van der Waals surface area contributed by atoms with Crippen LogP contribution in [0.25, 0.3) is 11.1 Å². The van der Waals surface area contributed by atoms with Crippen molar-refractivity contribution in [2.24, 2.45) is 0 Å². The first kappa shape index (κ1) is 22.5. The standard InChI is InChI=1S/C22H19ClN2O5S/c1-4-30-22(27)19-16(14-6-5-12(2)13(3)9-14)11-31-21(19)24-20(26)15-7-8-17(23)18(10-15)25(28)29/h5-11H,4H2,1-3H3,(H,24,26). The summed E-state index contributed by atoms with van der Waals surface area (Å²) in [5.41, 5.74) is 3.57. The summed E-state index contributed by atoms with van der Waals surface area (Å²) in [6.45, 7) is 5.85. The van der Waals surface area contributed by atoms with Gasteiger partial charge in [0.2, 0.25) is 0 Å². The molecule has 0 unspecified atom stereocenters. The number of hydrogen-bond acceptors (Lipinski definition) is 6. The number of aryl methyl sites for hydroxylation is 2. The van der Waals surface area contributed by atoms with E-state index < -0.39 is 16.8 Å². The maximum Gasteiger partial charge on any atom is 0.341 e. The van der Waals surface area contributed by atoms with Crippen molar-refractivity contribution in [3.05, 3.63) is 79.2 Å². The second kappa shape index (κ2) is 9.28. The number of esters is 1. The molecule has 3 rings (SSSR count). The number of nitro groups is 1. The number of hydrogen-bond donors (Lipinski definition) is 1. The lowest BCUT2D eigenvalue weighted by Gasteiger charge is -2.10. The number of nitrogens with one attached hydrogen (secondary N) is 1. The molecule has 0 radical (unpaired) electrons. The third-order valence-corrected chi connectivity index (χ3v) is 5.94.